The average molecular weight is 376 g/mol. The first-order valence-corrected chi connectivity index (χ1v) is 12.0. The Bertz CT molecular complexity index is 797. The molecule has 1 aliphatic rings. The Balaban J connectivity index is 1.66. The van der Waals surface area contributed by atoms with Crippen LogP contribution in [-0.2, 0) is 6.54 Å². The minimum atomic E-state index is -1.24. The lowest BCUT2D eigenvalue weighted by atomic mass is 10.1. The molecule has 27 heavy (non-hydrogen) atoms. The molecule has 4 rings (SSSR count). The van der Waals surface area contributed by atoms with Gasteiger partial charge in [0.1, 0.15) is 0 Å². The summed E-state index contributed by atoms with van der Waals surface area (Å²) in [6.45, 7) is 3.58. The number of rotatable bonds is 5. The molecule has 0 bridgehead atoms. The minimum Gasteiger partial charge on any atom is -0.299 e. The van der Waals surface area contributed by atoms with Gasteiger partial charge in [0.2, 0.25) is 0 Å². The van der Waals surface area contributed by atoms with Crippen LogP contribution in [0.1, 0.15) is 24.8 Å². The fraction of sp³-hybridized carbons (Fsp3) is 0.280. The van der Waals surface area contributed by atoms with Crippen molar-refractivity contribution in [3.63, 3.8) is 0 Å². The molecule has 0 spiro atoms. The summed E-state index contributed by atoms with van der Waals surface area (Å²) in [4.78, 5) is 6.86. The molecule has 140 valence electrons. The quantitative estimate of drug-likeness (QED) is 0.486. The van der Waals surface area contributed by atoms with E-state index in [2.05, 4.69) is 96.1 Å². The molecule has 0 saturated carbocycles. The molecule has 1 nitrogen and oxygen atoms in total. The van der Waals surface area contributed by atoms with Crippen molar-refractivity contribution in [3.8, 4) is 0 Å². The Morgan fingerprint density at radius 2 is 1.11 bits per heavy atom. The molecule has 0 aromatic heterocycles. The van der Waals surface area contributed by atoms with Crippen LogP contribution in [0.3, 0.4) is 0 Å². The van der Waals surface area contributed by atoms with Gasteiger partial charge in [-0.05, 0) is 88.8 Å². The van der Waals surface area contributed by atoms with Crippen LogP contribution >= 0.6 is 10.0 Å². The Morgan fingerprint density at radius 1 is 0.630 bits per heavy atom. The zero-order valence-electron chi connectivity index (χ0n) is 16.2. The van der Waals surface area contributed by atoms with Gasteiger partial charge >= 0.3 is 0 Å². The highest BCUT2D eigenvalue weighted by molar-refractivity contribution is 8.33. The van der Waals surface area contributed by atoms with E-state index in [1.165, 1.54) is 52.6 Å². The second kappa shape index (κ2) is 8.33. The van der Waals surface area contributed by atoms with Crippen LogP contribution in [0.25, 0.3) is 0 Å². The minimum absolute atomic E-state index is 1.09. The summed E-state index contributed by atoms with van der Waals surface area (Å²) >= 11 is 0. The highest BCUT2D eigenvalue weighted by atomic mass is 32.3. The number of nitrogens with zero attached hydrogens (tertiary/aromatic N) is 1. The number of hydrogen-bond acceptors (Lipinski definition) is 1. The van der Waals surface area contributed by atoms with E-state index in [1.807, 2.05) is 0 Å². The van der Waals surface area contributed by atoms with E-state index in [0.717, 1.165) is 6.54 Å². The molecule has 0 radical (unpaired) electrons. The van der Waals surface area contributed by atoms with Crippen molar-refractivity contribution in [1.82, 2.24) is 4.90 Å². The van der Waals surface area contributed by atoms with Crippen molar-refractivity contribution in [1.29, 1.82) is 0 Å². The molecule has 0 amide bonds. The van der Waals surface area contributed by atoms with Crippen LogP contribution in [0.15, 0.2) is 99.6 Å². The van der Waals surface area contributed by atoms with Crippen molar-refractivity contribution in [2.24, 2.45) is 0 Å². The van der Waals surface area contributed by atoms with E-state index >= 15 is 0 Å². The molecule has 3 aromatic carbocycles. The van der Waals surface area contributed by atoms with Crippen LogP contribution in [0, 0.1) is 0 Å². The van der Waals surface area contributed by atoms with Gasteiger partial charge in [0.15, 0.2) is 0 Å². The Hall–Kier alpha value is -2.03. The van der Waals surface area contributed by atoms with E-state index in [4.69, 9.17) is 0 Å². The summed E-state index contributed by atoms with van der Waals surface area (Å²) in [6.07, 6.45) is 6.52. The summed E-state index contributed by atoms with van der Waals surface area (Å²) in [6, 6.07) is 31.4. The van der Waals surface area contributed by atoms with Gasteiger partial charge in [-0.2, -0.15) is 10.0 Å². The number of likely N-dealkylation sites (tertiary alicyclic amines) is 1. The molecular formula is C25H29NS. The predicted octanol–water partition coefficient (Wildman–Crippen LogP) is 6.58. The first kappa shape index (κ1) is 18.3. The van der Waals surface area contributed by atoms with E-state index in [9.17, 15) is 0 Å². The van der Waals surface area contributed by atoms with Crippen LogP contribution in [0.4, 0.5) is 0 Å². The summed E-state index contributed by atoms with van der Waals surface area (Å²) in [5.41, 5.74) is 1.43. The maximum absolute atomic E-state index is 2.60. The van der Waals surface area contributed by atoms with Gasteiger partial charge in [-0.3, -0.25) is 4.90 Å². The van der Waals surface area contributed by atoms with Crippen LogP contribution in [-0.4, -0.2) is 24.2 Å². The predicted molar refractivity (Wildman–Crippen MR) is 117 cm³/mol. The highest BCUT2D eigenvalue weighted by Crippen LogP contribution is 2.65. The summed E-state index contributed by atoms with van der Waals surface area (Å²) in [5, 5.41) is 0. The second-order valence-electron chi connectivity index (χ2n) is 7.53. The van der Waals surface area contributed by atoms with Crippen LogP contribution < -0.4 is 0 Å². The summed E-state index contributed by atoms with van der Waals surface area (Å²) in [5.74, 6) is 0. The molecule has 3 aromatic rings. The highest BCUT2D eigenvalue weighted by Gasteiger charge is 2.25. The Kier molecular flexibility index (Phi) is 5.66. The van der Waals surface area contributed by atoms with E-state index in [1.54, 1.807) is 0 Å². The standard InChI is InChI=1S/C25H29NS/c1-27(23-11-5-2-6-12-23,24-13-7-3-8-14-24)25-17-15-22(16-18-25)21-26-19-9-4-10-20-26/h2-3,5-8,11-18H,4,9-10,19-21H2,1H3. The number of piperidine rings is 1. The molecule has 2 heteroatoms. The smallest absolute Gasteiger partial charge is 0.0233 e. The summed E-state index contributed by atoms with van der Waals surface area (Å²) < 4.78 is 0. The van der Waals surface area contributed by atoms with Gasteiger partial charge in [-0.15, -0.1) is 0 Å². The van der Waals surface area contributed by atoms with Gasteiger partial charge in [0.05, 0.1) is 0 Å². The normalized spacial score (nSPS) is 16.2. The summed E-state index contributed by atoms with van der Waals surface area (Å²) in [7, 11) is -1.24. The average Bonchev–Trinajstić information content (AvgIpc) is 2.76. The monoisotopic (exact) mass is 375 g/mol. The van der Waals surface area contributed by atoms with Crippen molar-refractivity contribution >= 4 is 10.0 Å². The number of benzene rings is 3. The fourth-order valence-corrected chi connectivity index (χ4v) is 6.94. The van der Waals surface area contributed by atoms with E-state index in [0.29, 0.717) is 0 Å². The van der Waals surface area contributed by atoms with Gasteiger partial charge in [0, 0.05) is 6.54 Å². The van der Waals surface area contributed by atoms with E-state index < -0.39 is 10.0 Å². The van der Waals surface area contributed by atoms with Gasteiger partial charge in [-0.1, -0.05) is 55.0 Å². The third-order valence-corrected chi connectivity index (χ3v) is 9.32. The molecule has 1 fully saturated rings. The molecule has 0 aliphatic carbocycles. The maximum Gasteiger partial charge on any atom is 0.0233 e. The first-order valence-electron chi connectivity index (χ1n) is 9.97. The zero-order valence-corrected chi connectivity index (χ0v) is 17.0. The molecule has 1 heterocycles. The molecule has 0 N–H and O–H groups in total. The molecular weight excluding hydrogens is 346 g/mol. The van der Waals surface area contributed by atoms with Gasteiger partial charge < -0.3 is 0 Å². The number of hydrogen-bond donors (Lipinski definition) is 0. The lowest BCUT2D eigenvalue weighted by Gasteiger charge is -2.37. The Labute approximate surface area is 165 Å². The molecule has 1 aliphatic heterocycles. The largest absolute Gasteiger partial charge is 0.299 e. The lowest BCUT2D eigenvalue weighted by Crippen LogP contribution is -2.29. The third-order valence-electron chi connectivity index (χ3n) is 5.68. The van der Waals surface area contributed by atoms with Crippen molar-refractivity contribution in [3.05, 3.63) is 90.5 Å². The van der Waals surface area contributed by atoms with Crippen LogP contribution in [0.5, 0.6) is 0 Å². The second-order valence-corrected chi connectivity index (χ2v) is 10.8. The van der Waals surface area contributed by atoms with Crippen LogP contribution in [0.2, 0.25) is 0 Å². The molecule has 0 atom stereocenters. The third kappa shape index (κ3) is 3.97. The van der Waals surface area contributed by atoms with Gasteiger partial charge in [-0.25, -0.2) is 0 Å². The Morgan fingerprint density at radius 3 is 1.63 bits per heavy atom. The fourth-order valence-electron chi connectivity index (χ4n) is 4.04. The van der Waals surface area contributed by atoms with Gasteiger partial charge in [0.25, 0.3) is 0 Å². The zero-order chi connectivity index (χ0) is 18.5. The lowest BCUT2D eigenvalue weighted by molar-refractivity contribution is 0.221. The molecule has 0 unspecified atom stereocenters. The SMILES string of the molecule is CS(c1ccccc1)(c1ccccc1)c1ccc(CN2CCCCC2)cc1. The van der Waals surface area contributed by atoms with Crippen molar-refractivity contribution in [2.75, 3.05) is 19.3 Å². The van der Waals surface area contributed by atoms with E-state index in [-0.39, 0.29) is 0 Å². The molecule has 1 saturated heterocycles. The first-order chi connectivity index (χ1) is 13.3. The van der Waals surface area contributed by atoms with Crippen molar-refractivity contribution < 1.29 is 0 Å². The maximum atomic E-state index is 2.60. The topological polar surface area (TPSA) is 3.24 Å². The van der Waals surface area contributed by atoms with Crippen molar-refractivity contribution in [2.45, 2.75) is 40.5 Å².